The summed E-state index contributed by atoms with van der Waals surface area (Å²) in [5.41, 5.74) is 5.04. The summed E-state index contributed by atoms with van der Waals surface area (Å²) in [6.07, 6.45) is -4.32. The fourth-order valence-electron chi connectivity index (χ4n) is 1.27. The van der Waals surface area contributed by atoms with E-state index >= 15 is 0 Å². The first-order valence-corrected chi connectivity index (χ1v) is 5.21. The quantitative estimate of drug-likeness (QED) is 0.887. The Bertz CT molecular complexity index is 369. The van der Waals surface area contributed by atoms with E-state index in [-0.39, 0.29) is 6.61 Å². The second kappa shape index (κ2) is 5.06. The van der Waals surface area contributed by atoms with Gasteiger partial charge in [-0.1, -0.05) is 12.1 Å². The first-order valence-electron chi connectivity index (χ1n) is 5.21. The Kier molecular flexibility index (Phi) is 4.16. The first-order chi connectivity index (χ1) is 7.68. The lowest BCUT2D eigenvalue weighted by atomic mass is 10.1. The number of hydrogen-bond donors (Lipinski definition) is 1. The second-order valence-electron chi connectivity index (χ2n) is 4.68. The standard InChI is InChI=1S/C12H16F3NO/c1-11(2,16)8-17-7-9-4-3-5-10(6-9)12(13,14)15/h3-6H,7-8,16H2,1-2H3. The maximum atomic E-state index is 12.4. The third kappa shape index (κ3) is 5.19. The van der Waals surface area contributed by atoms with Crippen LogP contribution in [0.4, 0.5) is 13.2 Å². The molecule has 2 nitrogen and oxygen atoms in total. The van der Waals surface area contributed by atoms with Crippen LogP contribution in [-0.4, -0.2) is 12.1 Å². The highest BCUT2D eigenvalue weighted by molar-refractivity contribution is 5.25. The van der Waals surface area contributed by atoms with Crippen molar-refractivity contribution in [1.29, 1.82) is 0 Å². The van der Waals surface area contributed by atoms with E-state index in [0.29, 0.717) is 12.2 Å². The van der Waals surface area contributed by atoms with Gasteiger partial charge in [0.05, 0.1) is 18.8 Å². The monoisotopic (exact) mass is 247 g/mol. The van der Waals surface area contributed by atoms with Crippen molar-refractivity contribution >= 4 is 0 Å². The van der Waals surface area contributed by atoms with Gasteiger partial charge >= 0.3 is 6.18 Å². The van der Waals surface area contributed by atoms with Gasteiger partial charge in [-0.2, -0.15) is 13.2 Å². The van der Waals surface area contributed by atoms with Crippen LogP contribution < -0.4 is 5.73 Å². The van der Waals surface area contributed by atoms with Gasteiger partial charge in [-0.25, -0.2) is 0 Å². The zero-order valence-corrected chi connectivity index (χ0v) is 9.84. The molecule has 1 aromatic carbocycles. The van der Waals surface area contributed by atoms with E-state index in [4.69, 9.17) is 10.5 Å². The highest BCUT2D eigenvalue weighted by atomic mass is 19.4. The third-order valence-corrected chi connectivity index (χ3v) is 2.00. The summed E-state index contributed by atoms with van der Waals surface area (Å²) in [5.74, 6) is 0. The highest BCUT2D eigenvalue weighted by Gasteiger charge is 2.30. The second-order valence-corrected chi connectivity index (χ2v) is 4.68. The number of hydrogen-bond acceptors (Lipinski definition) is 2. The molecule has 96 valence electrons. The van der Waals surface area contributed by atoms with Crippen molar-refractivity contribution in [3.63, 3.8) is 0 Å². The molecule has 2 N–H and O–H groups in total. The largest absolute Gasteiger partial charge is 0.416 e. The van der Waals surface area contributed by atoms with Crippen molar-refractivity contribution in [3.05, 3.63) is 35.4 Å². The molecule has 0 fully saturated rings. The zero-order chi connectivity index (χ0) is 13.1. The number of rotatable bonds is 4. The van der Waals surface area contributed by atoms with Crippen LogP contribution in [0.1, 0.15) is 25.0 Å². The topological polar surface area (TPSA) is 35.2 Å². The summed E-state index contributed by atoms with van der Waals surface area (Å²) in [5, 5.41) is 0. The molecule has 0 saturated heterocycles. The summed E-state index contributed by atoms with van der Waals surface area (Å²) in [6.45, 7) is 4.01. The van der Waals surface area contributed by atoms with Gasteiger partial charge in [-0.15, -0.1) is 0 Å². The molecule has 0 heterocycles. The molecular formula is C12H16F3NO. The molecule has 17 heavy (non-hydrogen) atoms. The molecule has 0 aliphatic rings. The highest BCUT2D eigenvalue weighted by Crippen LogP contribution is 2.29. The normalized spacial score (nSPS) is 12.8. The zero-order valence-electron chi connectivity index (χ0n) is 9.84. The Balaban J connectivity index is 2.61. The number of benzene rings is 1. The Morgan fingerprint density at radius 1 is 1.24 bits per heavy atom. The molecule has 0 amide bonds. The van der Waals surface area contributed by atoms with E-state index in [0.717, 1.165) is 12.1 Å². The van der Waals surface area contributed by atoms with Gasteiger partial charge in [-0.3, -0.25) is 0 Å². The number of ether oxygens (including phenoxy) is 1. The molecule has 0 spiro atoms. The molecule has 0 aliphatic heterocycles. The molecule has 1 rings (SSSR count). The minimum atomic E-state index is -4.32. The van der Waals surface area contributed by atoms with E-state index in [9.17, 15) is 13.2 Å². The SMILES string of the molecule is CC(C)(N)COCc1cccc(C(F)(F)F)c1. The van der Waals surface area contributed by atoms with Crippen LogP contribution in [0.3, 0.4) is 0 Å². The molecule has 0 saturated carbocycles. The van der Waals surface area contributed by atoms with Gasteiger partial charge in [0, 0.05) is 5.54 Å². The van der Waals surface area contributed by atoms with Crippen molar-refractivity contribution in [2.24, 2.45) is 5.73 Å². The van der Waals surface area contributed by atoms with Gasteiger partial charge in [0.25, 0.3) is 0 Å². The molecule has 1 aromatic rings. The van der Waals surface area contributed by atoms with Crippen molar-refractivity contribution in [2.45, 2.75) is 32.2 Å². The van der Waals surface area contributed by atoms with E-state index in [1.54, 1.807) is 19.9 Å². The molecular weight excluding hydrogens is 231 g/mol. The Labute approximate surface area is 98.6 Å². The lowest BCUT2D eigenvalue weighted by molar-refractivity contribution is -0.137. The van der Waals surface area contributed by atoms with Crippen molar-refractivity contribution < 1.29 is 17.9 Å². The lowest BCUT2D eigenvalue weighted by Gasteiger charge is -2.18. The minimum Gasteiger partial charge on any atom is -0.375 e. The average molecular weight is 247 g/mol. The molecule has 0 atom stereocenters. The van der Waals surface area contributed by atoms with Crippen molar-refractivity contribution in [1.82, 2.24) is 0 Å². The molecule has 0 radical (unpaired) electrons. The number of nitrogens with two attached hydrogens (primary N) is 1. The summed E-state index contributed by atoms with van der Waals surface area (Å²) in [6, 6.07) is 5.09. The van der Waals surface area contributed by atoms with Crippen LogP contribution in [0.25, 0.3) is 0 Å². The fraction of sp³-hybridized carbons (Fsp3) is 0.500. The third-order valence-electron chi connectivity index (χ3n) is 2.00. The Morgan fingerprint density at radius 2 is 1.88 bits per heavy atom. The summed E-state index contributed by atoms with van der Waals surface area (Å²) in [4.78, 5) is 0. The Hall–Kier alpha value is -1.07. The van der Waals surface area contributed by atoms with Crippen LogP contribution in [0, 0.1) is 0 Å². The predicted molar refractivity (Wildman–Crippen MR) is 59.4 cm³/mol. The fourth-order valence-corrected chi connectivity index (χ4v) is 1.27. The van der Waals surface area contributed by atoms with Gasteiger partial charge in [0.2, 0.25) is 0 Å². The smallest absolute Gasteiger partial charge is 0.375 e. The van der Waals surface area contributed by atoms with Crippen LogP contribution in [0.2, 0.25) is 0 Å². The van der Waals surface area contributed by atoms with E-state index in [1.165, 1.54) is 6.07 Å². The lowest BCUT2D eigenvalue weighted by Crippen LogP contribution is -2.37. The van der Waals surface area contributed by atoms with E-state index in [2.05, 4.69) is 0 Å². The Morgan fingerprint density at radius 3 is 2.41 bits per heavy atom. The molecule has 0 unspecified atom stereocenters. The predicted octanol–water partition coefficient (Wildman–Crippen LogP) is 2.96. The van der Waals surface area contributed by atoms with E-state index < -0.39 is 17.3 Å². The summed E-state index contributed by atoms with van der Waals surface area (Å²) < 4.78 is 42.5. The maximum absolute atomic E-state index is 12.4. The van der Waals surface area contributed by atoms with Crippen LogP contribution in [-0.2, 0) is 17.5 Å². The van der Waals surface area contributed by atoms with Crippen LogP contribution in [0.15, 0.2) is 24.3 Å². The molecule has 0 bridgehead atoms. The molecule has 5 heteroatoms. The molecule has 0 aromatic heterocycles. The van der Waals surface area contributed by atoms with Crippen molar-refractivity contribution in [2.75, 3.05) is 6.61 Å². The summed E-state index contributed by atoms with van der Waals surface area (Å²) >= 11 is 0. The van der Waals surface area contributed by atoms with Gasteiger partial charge < -0.3 is 10.5 Å². The van der Waals surface area contributed by atoms with Gasteiger partial charge in [-0.05, 0) is 31.5 Å². The van der Waals surface area contributed by atoms with Gasteiger partial charge in [0.15, 0.2) is 0 Å². The maximum Gasteiger partial charge on any atom is 0.416 e. The number of alkyl halides is 3. The van der Waals surface area contributed by atoms with Crippen LogP contribution in [0.5, 0.6) is 0 Å². The molecule has 0 aliphatic carbocycles. The van der Waals surface area contributed by atoms with Crippen LogP contribution >= 0.6 is 0 Å². The first kappa shape index (κ1) is 14.0. The van der Waals surface area contributed by atoms with Gasteiger partial charge in [0.1, 0.15) is 0 Å². The minimum absolute atomic E-state index is 0.130. The average Bonchev–Trinajstić information content (AvgIpc) is 2.15. The summed E-state index contributed by atoms with van der Waals surface area (Å²) in [7, 11) is 0. The van der Waals surface area contributed by atoms with E-state index in [1.807, 2.05) is 0 Å². The number of halogens is 3. The van der Waals surface area contributed by atoms with Crippen molar-refractivity contribution in [3.8, 4) is 0 Å².